The minimum Gasteiger partial charge on any atom is -0.333 e. The summed E-state index contributed by atoms with van der Waals surface area (Å²) in [5, 5.41) is 31.5. The fraction of sp³-hybridized carbons (Fsp3) is 0.0889. The lowest BCUT2D eigenvalue weighted by Gasteiger charge is -2.31. The number of benzene rings is 5. The predicted octanol–water partition coefficient (Wildman–Crippen LogP) is 10.3. The van der Waals surface area contributed by atoms with Crippen LogP contribution in [-0.4, -0.2) is 10.6 Å². The van der Waals surface area contributed by atoms with Gasteiger partial charge in [-0.1, -0.05) is 72.8 Å². The van der Waals surface area contributed by atoms with Gasteiger partial charge in [0.15, 0.2) is 0 Å². The summed E-state index contributed by atoms with van der Waals surface area (Å²) in [7, 11) is 0. The molecule has 0 N–H and O–H groups in total. The minimum absolute atomic E-state index is 0.174. The molecule has 5 heteroatoms. The molecule has 234 valence electrons. The fourth-order valence-corrected chi connectivity index (χ4v) is 8.17. The summed E-state index contributed by atoms with van der Waals surface area (Å²) >= 11 is 0. The first-order valence-corrected chi connectivity index (χ1v) is 16.8. The molecular weight excluding hydrogens is 611 g/mol. The highest BCUT2D eigenvalue weighted by molar-refractivity contribution is 5.92. The van der Waals surface area contributed by atoms with Crippen molar-refractivity contribution in [3.05, 3.63) is 167 Å². The molecule has 0 saturated carbocycles. The summed E-state index contributed by atoms with van der Waals surface area (Å²) in [5.74, 6) is -0.213. The van der Waals surface area contributed by atoms with Crippen LogP contribution in [0.2, 0.25) is 0 Å². The number of anilines is 2. The van der Waals surface area contributed by atoms with Gasteiger partial charge in [-0.2, -0.15) is 15.8 Å². The third-order valence-electron chi connectivity index (χ3n) is 10.3. The van der Waals surface area contributed by atoms with Gasteiger partial charge < -0.3 is 9.47 Å². The molecule has 6 aromatic rings. The van der Waals surface area contributed by atoms with Gasteiger partial charge in [0.1, 0.15) is 0 Å². The number of fused-ring (bicyclic) bond motifs is 6. The van der Waals surface area contributed by atoms with Crippen LogP contribution in [0.4, 0.5) is 11.4 Å². The first kappa shape index (κ1) is 29.3. The molecule has 9 rings (SSSR count). The fourth-order valence-electron chi connectivity index (χ4n) is 8.17. The molecule has 0 saturated heterocycles. The monoisotopic (exact) mass is 639 g/mol. The lowest BCUT2D eigenvalue weighted by molar-refractivity contribution is 0.725. The molecule has 2 atom stereocenters. The Morgan fingerprint density at radius 3 is 2.38 bits per heavy atom. The Morgan fingerprint density at radius 1 is 0.700 bits per heavy atom. The smallest absolute Gasteiger partial charge is 0.0998 e. The summed E-state index contributed by atoms with van der Waals surface area (Å²) in [6.45, 7) is 0. The van der Waals surface area contributed by atoms with Crippen LogP contribution in [0.1, 0.15) is 40.3 Å². The maximum atomic E-state index is 10.4. The van der Waals surface area contributed by atoms with Gasteiger partial charge in [-0.25, -0.2) is 0 Å². The molecule has 0 fully saturated rings. The lowest BCUT2D eigenvalue weighted by Crippen LogP contribution is -2.30. The zero-order valence-electron chi connectivity index (χ0n) is 27.1. The largest absolute Gasteiger partial charge is 0.333 e. The predicted molar refractivity (Wildman–Crippen MR) is 199 cm³/mol. The highest BCUT2D eigenvalue weighted by Gasteiger charge is 2.42. The first-order chi connectivity index (χ1) is 24.7. The SMILES string of the molecule is N#CC1=CC=CC2C1c1cc(C#N)ccc1N2c1cccc(C#N)c1-c1cccc(-c2ccc(-n3c4c(c5ccccc53)CCC=C4)cc2)c1. The molecule has 3 aliphatic rings. The molecule has 0 radical (unpaired) electrons. The van der Waals surface area contributed by atoms with E-state index in [2.05, 4.69) is 119 Å². The van der Waals surface area contributed by atoms with E-state index in [1.54, 1.807) is 0 Å². The van der Waals surface area contributed by atoms with Crippen LogP contribution < -0.4 is 4.90 Å². The van der Waals surface area contributed by atoms with Gasteiger partial charge in [-0.05, 0) is 107 Å². The summed E-state index contributed by atoms with van der Waals surface area (Å²) in [6.07, 6.45) is 12.5. The third-order valence-corrected chi connectivity index (χ3v) is 10.3. The van der Waals surface area contributed by atoms with E-state index < -0.39 is 0 Å². The topological polar surface area (TPSA) is 79.5 Å². The second-order valence-electron chi connectivity index (χ2n) is 12.9. The van der Waals surface area contributed by atoms with Gasteiger partial charge in [-0.3, -0.25) is 0 Å². The van der Waals surface area contributed by atoms with Crippen LogP contribution in [0, 0.1) is 34.0 Å². The Hall–Kier alpha value is -6.87. The summed E-state index contributed by atoms with van der Waals surface area (Å²) in [4.78, 5) is 2.23. The van der Waals surface area contributed by atoms with Gasteiger partial charge in [0.2, 0.25) is 0 Å². The van der Waals surface area contributed by atoms with Crippen LogP contribution in [0.3, 0.4) is 0 Å². The summed E-state index contributed by atoms with van der Waals surface area (Å²) in [6, 6.07) is 44.3. The van der Waals surface area contributed by atoms with Crippen molar-refractivity contribution >= 4 is 28.4 Å². The number of para-hydroxylation sites is 1. The molecule has 0 spiro atoms. The van der Waals surface area contributed by atoms with Gasteiger partial charge >= 0.3 is 0 Å². The molecule has 0 bridgehead atoms. The van der Waals surface area contributed by atoms with Gasteiger partial charge in [0, 0.05) is 39.5 Å². The average molecular weight is 640 g/mol. The zero-order valence-corrected chi connectivity index (χ0v) is 27.1. The van der Waals surface area contributed by atoms with E-state index >= 15 is 0 Å². The van der Waals surface area contributed by atoms with Crippen molar-refractivity contribution in [2.75, 3.05) is 4.90 Å². The van der Waals surface area contributed by atoms with E-state index in [4.69, 9.17) is 0 Å². The number of rotatable bonds is 4. The van der Waals surface area contributed by atoms with E-state index in [-0.39, 0.29) is 12.0 Å². The molecule has 2 heterocycles. The van der Waals surface area contributed by atoms with Crippen molar-refractivity contribution in [3.63, 3.8) is 0 Å². The van der Waals surface area contributed by atoms with Crippen LogP contribution in [0.25, 0.3) is 44.9 Å². The minimum atomic E-state index is -0.213. The van der Waals surface area contributed by atoms with E-state index in [0.717, 1.165) is 57.7 Å². The van der Waals surface area contributed by atoms with Crippen LogP contribution in [0.5, 0.6) is 0 Å². The van der Waals surface area contributed by atoms with Crippen LogP contribution >= 0.6 is 0 Å². The first-order valence-electron chi connectivity index (χ1n) is 16.8. The van der Waals surface area contributed by atoms with E-state index in [1.165, 1.54) is 22.2 Å². The quantitative estimate of drug-likeness (QED) is 0.192. The molecule has 1 aromatic heterocycles. The van der Waals surface area contributed by atoms with Crippen molar-refractivity contribution in [1.82, 2.24) is 4.57 Å². The molecule has 2 aliphatic carbocycles. The van der Waals surface area contributed by atoms with Gasteiger partial charge in [0.25, 0.3) is 0 Å². The number of nitriles is 3. The lowest BCUT2D eigenvalue weighted by atomic mass is 9.84. The standard InChI is InChI=1S/C45H29N5/c46-26-29-18-23-41-38(24-29)45-34(28-48)11-7-17-43(45)50(41)42-16-6-10-33(27-47)44(42)32-9-5-8-31(25-32)30-19-21-35(22-20-30)49-39-14-3-1-12-36(39)37-13-2-4-15-40(37)49/h1,3-12,14-25,43,45H,2,13H2. The molecule has 2 unspecified atom stereocenters. The normalized spacial score (nSPS) is 16.9. The third kappa shape index (κ3) is 4.44. The van der Waals surface area contributed by atoms with Crippen molar-refractivity contribution in [1.29, 1.82) is 15.8 Å². The Bertz CT molecular complexity index is 2590. The van der Waals surface area contributed by atoms with E-state index in [9.17, 15) is 15.8 Å². The second kappa shape index (κ2) is 11.7. The Balaban J connectivity index is 1.14. The number of aromatic nitrogens is 1. The molecule has 5 aromatic carbocycles. The van der Waals surface area contributed by atoms with Gasteiger partial charge in [0.05, 0.1) is 46.6 Å². The Labute approximate surface area is 290 Å². The molecule has 1 aliphatic heterocycles. The molecule has 50 heavy (non-hydrogen) atoms. The molecular formula is C45H29N5. The van der Waals surface area contributed by atoms with Crippen LogP contribution in [0.15, 0.2) is 139 Å². The Kier molecular flexibility index (Phi) is 6.84. The van der Waals surface area contributed by atoms with E-state index in [1.807, 2.05) is 48.6 Å². The van der Waals surface area contributed by atoms with Crippen molar-refractivity contribution in [2.45, 2.75) is 24.8 Å². The number of hydrogen-bond donors (Lipinski definition) is 0. The highest BCUT2D eigenvalue weighted by Crippen LogP contribution is 2.52. The molecule has 5 nitrogen and oxygen atoms in total. The van der Waals surface area contributed by atoms with Crippen LogP contribution in [-0.2, 0) is 6.42 Å². The van der Waals surface area contributed by atoms with Crippen molar-refractivity contribution < 1.29 is 0 Å². The van der Waals surface area contributed by atoms with Crippen molar-refractivity contribution in [3.8, 4) is 46.1 Å². The number of allylic oxidation sites excluding steroid dienone is 3. The number of nitrogens with zero attached hydrogens (tertiary/aromatic N) is 5. The molecule has 0 amide bonds. The maximum absolute atomic E-state index is 10.4. The number of hydrogen-bond acceptors (Lipinski definition) is 4. The average Bonchev–Trinajstić information content (AvgIpc) is 3.70. The summed E-state index contributed by atoms with van der Waals surface area (Å²) in [5.41, 5.74) is 13.5. The van der Waals surface area contributed by atoms with E-state index in [0.29, 0.717) is 16.7 Å². The highest BCUT2D eigenvalue weighted by atomic mass is 15.2. The zero-order chi connectivity index (χ0) is 33.8. The number of aryl methyl sites for hydroxylation is 1. The van der Waals surface area contributed by atoms with Gasteiger partial charge in [-0.15, -0.1) is 0 Å². The Morgan fingerprint density at radius 2 is 1.54 bits per heavy atom. The summed E-state index contributed by atoms with van der Waals surface area (Å²) < 4.78 is 2.36. The van der Waals surface area contributed by atoms with Crippen molar-refractivity contribution in [2.24, 2.45) is 0 Å². The second-order valence-corrected chi connectivity index (χ2v) is 12.9. The maximum Gasteiger partial charge on any atom is 0.0998 e.